The summed E-state index contributed by atoms with van der Waals surface area (Å²) in [6.45, 7) is 3.72. The van der Waals surface area contributed by atoms with Crippen LogP contribution in [-0.2, 0) is 14.3 Å². The fourth-order valence-electron chi connectivity index (χ4n) is 0.859. The average molecular weight is 211 g/mol. The number of carbonyl (C=O) groups excluding carboxylic acids is 1. The van der Waals surface area contributed by atoms with Crippen molar-refractivity contribution in [1.82, 2.24) is 0 Å². The minimum Gasteiger partial charge on any atom is -0.481 e. The van der Waals surface area contributed by atoms with Gasteiger partial charge >= 0.3 is 5.97 Å². The van der Waals surface area contributed by atoms with Crippen LogP contribution in [0.15, 0.2) is 28.6 Å². The van der Waals surface area contributed by atoms with Crippen LogP contribution in [0.1, 0.15) is 20.3 Å². The minimum absolute atomic E-state index is 0.400. The Labute approximate surface area is 90.3 Å². The molecule has 0 saturated carbocycles. The number of methoxy groups -OCH3 is 2. The Kier molecular flexibility index (Phi) is 6.97. The van der Waals surface area contributed by atoms with Gasteiger partial charge in [0.05, 0.1) is 19.8 Å². The number of allylic oxidation sites excluding steroid dienone is 2. The lowest BCUT2D eigenvalue weighted by molar-refractivity contribution is -0.135. The first-order chi connectivity index (χ1) is 7.19. The lowest BCUT2D eigenvalue weighted by Crippen LogP contribution is -2.05. The van der Waals surface area contributed by atoms with Crippen LogP contribution in [0.2, 0.25) is 0 Å². The largest absolute Gasteiger partial charge is 0.481 e. The van der Waals surface area contributed by atoms with Crippen LogP contribution in [0.25, 0.3) is 0 Å². The Hall–Kier alpha value is -1.58. The number of hydrogen-bond donors (Lipinski definition) is 0. The molecular weight excluding hydrogens is 194 g/mol. The van der Waals surface area contributed by atoms with Crippen LogP contribution in [0, 0.1) is 0 Å². The Morgan fingerprint density at radius 3 is 2.40 bits per heavy atom. The van der Waals surface area contributed by atoms with Crippen LogP contribution >= 0.6 is 0 Å². The first kappa shape index (κ1) is 13.4. The van der Waals surface area contributed by atoms with E-state index in [1.165, 1.54) is 20.4 Å². The molecule has 0 N–H and O–H groups in total. The molecule has 0 heterocycles. The summed E-state index contributed by atoms with van der Waals surface area (Å²) in [6, 6.07) is 0. The molecule has 0 spiro atoms. The van der Waals surface area contributed by atoms with Gasteiger partial charge < -0.3 is 9.47 Å². The fraction of sp³-hybridized carbons (Fsp3) is 0.455. The molecule has 0 atom stereocenters. The van der Waals surface area contributed by atoms with Crippen molar-refractivity contribution in [3.63, 3.8) is 0 Å². The molecule has 4 nitrogen and oxygen atoms in total. The van der Waals surface area contributed by atoms with Crippen molar-refractivity contribution >= 4 is 12.2 Å². The second-order valence-corrected chi connectivity index (χ2v) is 2.65. The van der Waals surface area contributed by atoms with Crippen LogP contribution in [0.5, 0.6) is 0 Å². The number of esters is 1. The summed E-state index contributed by atoms with van der Waals surface area (Å²) < 4.78 is 9.55. The fourth-order valence-corrected chi connectivity index (χ4v) is 0.859. The van der Waals surface area contributed by atoms with Crippen molar-refractivity contribution in [2.45, 2.75) is 20.3 Å². The van der Waals surface area contributed by atoms with Gasteiger partial charge in [-0.2, -0.15) is 0 Å². The van der Waals surface area contributed by atoms with Crippen molar-refractivity contribution in [2.75, 3.05) is 14.2 Å². The predicted octanol–water partition coefficient (Wildman–Crippen LogP) is 2.07. The summed E-state index contributed by atoms with van der Waals surface area (Å²) in [5.41, 5.74) is 0.400. The highest BCUT2D eigenvalue weighted by Crippen LogP contribution is 2.01. The molecule has 0 saturated heterocycles. The van der Waals surface area contributed by atoms with E-state index in [1.54, 1.807) is 13.0 Å². The van der Waals surface area contributed by atoms with Crippen LogP contribution in [0.3, 0.4) is 0 Å². The van der Waals surface area contributed by atoms with E-state index < -0.39 is 5.97 Å². The Morgan fingerprint density at radius 2 is 2.00 bits per heavy atom. The van der Waals surface area contributed by atoms with Crippen LogP contribution in [-0.4, -0.2) is 26.4 Å². The van der Waals surface area contributed by atoms with Gasteiger partial charge in [-0.3, -0.25) is 0 Å². The van der Waals surface area contributed by atoms with Gasteiger partial charge in [0.25, 0.3) is 0 Å². The first-order valence-corrected chi connectivity index (χ1v) is 4.72. The standard InChI is InChI=1S/C11H17NO3/c1-5-7-10(14-3)12-8-9(6-2)11(13)15-4/h6-8H,5H2,1-4H3/b9-6+,10-7-,12-8-. The zero-order valence-corrected chi connectivity index (χ0v) is 9.61. The maximum absolute atomic E-state index is 11.2. The molecule has 0 aliphatic rings. The summed E-state index contributed by atoms with van der Waals surface area (Å²) in [5, 5.41) is 0. The van der Waals surface area contributed by atoms with E-state index in [9.17, 15) is 4.79 Å². The SMILES string of the molecule is C\C=C(/C=N\C(=C\CC)OC)C(=O)OC. The van der Waals surface area contributed by atoms with Gasteiger partial charge in [0.2, 0.25) is 5.88 Å². The Balaban J connectivity index is 4.61. The molecule has 84 valence electrons. The minimum atomic E-state index is -0.409. The van der Waals surface area contributed by atoms with E-state index in [2.05, 4.69) is 9.73 Å². The molecule has 0 amide bonds. The van der Waals surface area contributed by atoms with Crippen LogP contribution < -0.4 is 0 Å². The van der Waals surface area contributed by atoms with Gasteiger partial charge in [0.1, 0.15) is 0 Å². The van der Waals surface area contributed by atoms with Crippen LogP contribution in [0.4, 0.5) is 0 Å². The Bertz CT molecular complexity index is 290. The third-order valence-corrected chi connectivity index (χ3v) is 1.65. The number of hydrogen-bond acceptors (Lipinski definition) is 4. The van der Waals surface area contributed by atoms with Crippen molar-refractivity contribution in [3.8, 4) is 0 Å². The number of aliphatic imine (C=N–C) groups is 1. The number of nitrogens with zero attached hydrogens (tertiary/aromatic N) is 1. The summed E-state index contributed by atoms with van der Waals surface area (Å²) in [6.07, 6.45) is 5.70. The first-order valence-electron chi connectivity index (χ1n) is 4.72. The van der Waals surface area contributed by atoms with Gasteiger partial charge in [0, 0.05) is 6.21 Å². The third kappa shape index (κ3) is 5.00. The number of carbonyl (C=O) groups is 1. The van der Waals surface area contributed by atoms with E-state index in [4.69, 9.17) is 4.74 Å². The quantitative estimate of drug-likeness (QED) is 0.303. The molecule has 0 aromatic heterocycles. The molecule has 0 aliphatic heterocycles. The molecule has 0 fully saturated rings. The zero-order chi connectivity index (χ0) is 11.7. The smallest absolute Gasteiger partial charge is 0.339 e. The molecule has 0 aromatic carbocycles. The highest BCUT2D eigenvalue weighted by atomic mass is 16.5. The van der Waals surface area contributed by atoms with Crippen molar-refractivity contribution in [1.29, 1.82) is 0 Å². The van der Waals surface area contributed by atoms with E-state index in [1.807, 2.05) is 13.0 Å². The molecule has 0 bridgehead atoms. The average Bonchev–Trinajstić information content (AvgIpc) is 2.27. The van der Waals surface area contributed by atoms with Gasteiger partial charge in [-0.05, 0) is 19.4 Å². The summed E-state index contributed by atoms with van der Waals surface area (Å²) in [5.74, 6) is 0.0777. The molecule has 0 radical (unpaired) electrons. The normalized spacial score (nSPS) is 13.1. The third-order valence-electron chi connectivity index (χ3n) is 1.65. The lowest BCUT2D eigenvalue weighted by Gasteiger charge is -2.00. The van der Waals surface area contributed by atoms with E-state index in [0.29, 0.717) is 11.5 Å². The zero-order valence-electron chi connectivity index (χ0n) is 9.61. The summed E-state index contributed by atoms with van der Waals surface area (Å²) in [7, 11) is 2.87. The molecule has 0 unspecified atom stereocenters. The monoisotopic (exact) mass is 211 g/mol. The van der Waals surface area contributed by atoms with E-state index in [-0.39, 0.29) is 0 Å². The number of rotatable bonds is 5. The second kappa shape index (κ2) is 7.79. The molecule has 0 rings (SSSR count). The maximum atomic E-state index is 11.2. The van der Waals surface area contributed by atoms with Gasteiger partial charge in [-0.15, -0.1) is 0 Å². The molecular formula is C11H17NO3. The second-order valence-electron chi connectivity index (χ2n) is 2.65. The highest BCUT2D eigenvalue weighted by molar-refractivity contribution is 6.09. The molecule has 15 heavy (non-hydrogen) atoms. The summed E-state index contributed by atoms with van der Waals surface area (Å²) >= 11 is 0. The lowest BCUT2D eigenvalue weighted by atomic mass is 10.3. The maximum Gasteiger partial charge on any atom is 0.339 e. The van der Waals surface area contributed by atoms with Gasteiger partial charge in [-0.25, -0.2) is 9.79 Å². The molecule has 0 aromatic rings. The highest BCUT2D eigenvalue weighted by Gasteiger charge is 2.04. The number of ether oxygens (including phenoxy) is 2. The molecule has 0 aliphatic carbocycles. The van der Waals surface area contributed by atoms with Crippen molar-refractivity contribution < 1.29 is 14.3 Å². The van der Waals surface area contributed by atoms with Gasteiger partial charge in [0.15, 0.2) is 0 Å². The summed E-state index contributed by atoms with van der Waals surface area (Å²) in [4.78, 5) is 15.2. The molecule has 4 heteroatoms. The Morgan fingerprint density at radius 1 is 1.33 bits per heavy atom. The predicted molar refractivity (Wildman–Crippen MR) is 59.6 cm³/mol. The van der Waals surface area contributed by atoms with Crippen molar-refractivity contribution in [3.05, 3.63) is 23.6 Å². The van der Waals surface area contributed by atoms with Gasteiger partial charge in [-0.1, -0.05) is 13.0 Å². The van der Waals surface area contributed by atoms with E-state index in [0.717, 1.165) is 6.42 Å². The van der Waals surface area contributed by atoms with E-state index >= 15 is 0 Å². The topological polar surface area (TPSA) is 47.9 Å². The van der Waals surface area contributed by atoms with Crippen molar-refractivity contribution in [2.24, 2.45) is 4.99 Å².